The summed E-state index contributed by atoms with van der Waals surface area (Å²) in [6.45, 7) is -0.437. The third kappa shape index (κ3) is 2.64. The van der Waals surface area contributed by atoms with Crippen molar-refractivity contribution in [3.63, 3.8) is 0 Å². The van der Waals surface area contributed by atoms with Crippen molar-refractivity contribution in [3.8, 4) is 0 Å². The third-order valence-electron chi connectivity index (χ3n) is 2.75. The fourth-order valence-electron chi connectivity index (χ4n) is 1.75. The molecule has 0 aromatic heterocycles. The number of halogens is 2. The number of aliphatic carboxylic acids is 1. The van der Waals surface area contributed by atoms with E-state index in [1.165, 1.54) is 0 Å². The molecule has 0 radical (unpaired) electrons. The van der Waals surface area contributed by atoms with E-state index < -0.39 is 25.4 Å². The Hall–Kier alpha value is -0.710. The average molecular weight is 207 g/mol. The van der Waals surface area contributed by atoms with Crippen LogP contribution in [0.2, 0.25) is 0 Å². The Morgan fingerprint density at radius 3 is 2.21 bits per heavy atom. The van der Waals surface area contributed by atoms with Crippen LogP contribution in [0.3, 0.4) is 0 Å². The van der Waals surface area contributed by atoms with Crippen LogP contribution >= 0.6 is 0 Å². The van der Waals surface area contributed by atoms with Gasteiger partial charge in [-0.25, -0.2) is 8.78 Å². The highest BCUT2D eigenvalue weighted by Gasteiger charge is 2.28. The molecule has 0 aromatic rings. The minimum atomic E-state index is -0.804. The van der Waals surface area contributed by atoms with Crippen molar-refractivity contribution < 1.29 is 18.7 Å². The van der Waals surface area contributed by atoms with Crippen LogP contribution in [0, 0.1) is 5.92 Å². The van der Waals surface area contributed by atoms with E-state index in [4.69, 9.17) is 5.11 Å². The number of piperidine rings is 1. The van der Waals surface area contributed by atoms with Crippen molar-refractivity contribution in [2.24, 2.45) is 5.92 Å². The molecule has 82 valence electrons. The fourth-order valence-corrected chi connectivity index (χ4v) is 1.75. The number of likely N-dealkylation sites (tertiary alicyclic amines) is 1. The van der Waals surface area contributed by atoms with Gasteiger partial charge in [0, 0.05) is 0 Å². The van der Waals surface area contributed by atoms with Crippen LogP contribution in [0.15, 0.2) is 0 Å². The molecular formula is C9H15F2NO2. The number of carbonyl (C=O) groups is 1. The maximum atomic E-state index is 12.3. The van der Waals surface area contributed by atoms with Gasteiger partial charge in [-0.1, -0.05) is 0 Å². The maximum absolute atomic E-state index is 12.3. The number of hydrogen-bond acceptors (Lipinski definition) is 2. The van der Waals surface area contributed by atoms with E-state index >= 15 is 0 Å². The molecule has 1 saturated heterocycles. The van der Waals surface area contributed by atoms with Crippen LogP contribution in [0.5, 0.6) is 0 Å². The van der Waals surface area contributed by atoms with Gasteiger partial charge in [-0.15, -0.1) is 0 Å². The van der Waals surface area contributed by atoms with Crippen molar-refractivity contribution in [2.45, 2.75) is 18.9 Å². The molecule has 14 heavy (non-hydrogen) atoms. The molecule has 0 saturated carbocycles. The first-order valence-electron chi connectivity index (χ1n) is 4.77. The van der Waals surface area contributed by atoms with Gasteiger partial charge in [0.1, 0.15) is 13.3 Å². The van der Waals surface area contributed by atoms with Crippen molar-refractivity contribution in [1.29, 1.82) is 0 Å². The van der Waals surface area contributed by atoms with Crippen LogP contribution in [-0.4, -0.2) is 48.5 Å². The molecule has 1 fully saturated rings. The van der Waals surface area contributed by atoms with Gasteiger partial charge in [0.15, 0.2) is 0 Å². The lowest BCUT2D eigenvalue weighted by molar-refractivity contribution is -0.143. The van der Waals surface area contributed by atoms with Gasteiger partial charge < -0.3 is 5.11 Å². The summed E-state index contributed by atoms with van der Waals surface area (Å²) in [6, 6.07) is -0.676. The zero-order valence-electron chi connectivity index (χ0n) is 7.96. The molecule has 1 aliphatic heterocycles. The van der Waals surface area contributed by atoms with Gasteiger partial charge in [0.05, 0.1) is 12.0 Å². The van der Waals surface area contributed by atoms with E-state index in [9.17, 15) is 13.6 Å². The second-order valence-electron chi connectivity index (χ2n) is 3.61. The molecule has 0 spiro atoms. The molecule has 1 heterocycles. The highest BCUT2D eigenvalue weighted by Crippen LogP contribution is 2.19. The lowest BCUT2D eigenvalue weighted by Gasteiger charge is -2.33. The highest BCUT2D eigenvalue weighted by atomic mass is 19.1. The summed E-state index contributed by atoms with van der Waals surface area (Å²) in [5.41, 5.74) is 0. The largest absolute Gasteiger partial charge is 0.481 e. The summed E-state index contributed by atoms with van der Waals surface area (Å²) < 4.78 is 24.6. The third-order valence-corrected chi connectivity index (χ3v) is 2.75. The molecule has 1 aliphatic rings. The highest BCUT2D eigenvalue weighted by molar-refractivity contribution is 5.70. The second-order valence-corrected chi connectivity index (χ2v) is 3.61. The minimum Gasteiger partial charge on any atom is -0.481 e. The zero-order chi connectivity index (χ0) is 10.6. The van der Waals surface area contributed by atoms with E-state index in [1.807, 2.05) is 0 Å². The van der Waals surface area contributed by atoms with Crippen LogP contribution in [0.1, 0.15) is 12.8 Å². The molecule has 1 N–H and O–H groups in total. The molecule has 0 aromatic carbocycles. The van der Waals surface area contributed by atoms with E-state index in [2.05, 4.69) is 0 Å². The van der Waals surface area contributed by atoms with Gasteiger partial charge in [-0.3, -0.25) is 9.69 Å². The number of rotatable bonds is 4. The number of carboxylic acid groups (broad SMARTS) is 1. The number of nitrogens with zero attached hydrogens (tertiary/aromatic N) is 1. The van der Waals surface area contributed by atoms with Crippen LogP contribution < -0.4 is 0 Å². The van der Waals surface area contributed by atoms with Gasteiger partial charge in [-0.05, 0) is 25.9 Å². The molecule has 3 nitrogen and oxygen atoms in total. The van der Waals surface area contributed by atoms with E-state index in [-0.39, 0.29) is 5.92 Å². The average Bonchev–Trinajstić information content (AvgIpc) is 2.20. The Morgan fingerprint density at radius 1 is 1.36 bits per heavy atom. The van der Waals surface area contributed by atoms with E-state index in [0.717, 1.165) is 0 Å². The predicted molar refractivity (Wildman–Crippen MR) is 47.7 cm³/mol. The number of alkyl halides is 2. The molecule has 0 amide bonds. The monoisotopic (exact) mass is 207 g/mol. The Labute approximate surface area is 81.7 Å². The normalized spacial score (nSPS) is 20.2. The molecular weight excluding hydrogens is 192 g/mol. The fraction of sp³-hybridized carbons (Fsp3) is 0.889. The molecule has 0 aliphatic carbocycles. The molecule has 0 unspecified atom stereocenters. The minimum absolute atomic E-state index is 0.342. The Balaban J connectivity index is 2.38. The zero-order valence-corrected chi connectivity index (χ0v) is 7.96. The van der Waals surface area contributed by atoms with Gasteiger partial charge in [0.25, 0.3) is 0 Å². The lowest BCUT2D eigenvalue weighted by atomic mass is 9.96. The molecule has 5 heteroatoms. The SMILES string of the molecule is O=C(O)C1CCN(C(CF)CF)CC1. The summed E-state index contributed by atoms with van der Waals surface area (Å²) >= 11 is 0. The van der Waals surface area contributed by atoms with Crippen molar-refractivity contribution >= 4 is 5.97 Å². The smallest absolute Gasteiger partial charge is 0.306 e. The summed E-state index contributed by atoms with van der Waals surface area (Å²) in [6.07, 6.45) is 0.984. The standard InChI is InChI=1S/C9H15F2NO2/c10-5-8(6-11)12-3-1-7(2-4-12)9(13)14/h7-8H,1-6H2,(H,13,14). The van der Waals surface area contributed by atoms with Crippen molar-refractivity contribution in [1.82, 2.24) is 4.90 Å². The van der Waals surface area contributed by atoms with Crippen LogP contribution in [-0.2, 0) is 4.79 Å². The Kier molecular flexibility index (Phi) is 4.25. The second kappa shape index (κ2) is 5.24. The first-order chi connectivity index (χ1) is 6.69. The van der Waals surface area contributed by atoms with Crippen LogP contribution in [0.25, 0.3) is 0 Å². The van der Waals surface area contributed by atoms with Crippen LogP contribution in [0.4, 0.5) is 8.78 Å². The Bertz CT molecular complexity index is 189. The molecule has 0 atom stereocenters. The molecule has 0 bridgehead atoms. The Morgan fingerprint density at radius 2 is 1.86 bits per heavy atom. The van der Waals surface area contributed by atoms with Crippen molar-refractivity contribution in [3.05, 3.63) is 0 Å². The summed E-state index contributed by atoms with van der Waals surface area (Å²) in [4.78, 5) is 12.3. The molecule has 1 rings (SSSR count). The summed E-state index contributed by atoms with van der Waals surface area (Å²) in [5, 5.41) is 8.71. The van der Waals surface area contributed by atoms with Gasteiger partial charge >= 0.3 is 5.97 Å². The predicted octanol–water partition coefficient (Wildman–Crippen LogP) is 1.09. The summed E-state index contributed by atoms with van der Waals surface area (Å²) in [5.74, 6) is -1.15. The summed E-state index contributed by atoms with van der Waals surface area (Å²) in [7, 11) is 0. The van der Waals surface area contributed by atoms with Gasteiger partial charge in [0.2, 0.25) is 0 Å². The first kappa shape index (κ1) is 11.4. The first-order valence-corrected chi connectivity index (χ1v) is 4.77. The number of carboxylic acids is 1. The van der Waals surface area contributed by atoms with E-state index in [0.29, 0.717) is 25.9 Å². The lowest BCUT2D eigenvalue weighted by Crippen LogP contribution is -2.44. The quantitative estimate of drug-likeness (QED) is 0.750. The van der Waals surface area contributed by atoms with Gasteiger partial charge in [-0.2, -0.15) is 0 Å². The number of hydrogen-bond donors (Lipinski definition) is 1. The maximum Gasteiger partial charge on any atom is 0.306 e. The topological polar surface area (TPSA) is 40.5 Å². The van der Waals surface area contributed by atoms with Crippen molar-refractivity contribution in [2.75, 3.05) is 26.4 Å². The van der Waals surface area contributed by atoms with E-state index in [1.54, 1.807) is 4.90 Å².